The molecule has 0 bridgehead atoms. The molecule has 0 fully saturated rings. The Balaban J connectivity index is 2.18. The monoisotopic (exact) mass is 284 g/mol. The van der Waals surface area contributed by atoms with Crippen molar-refractivity contribution in [2.24, 2.45) is 0 Å². The van der Waals surface area contributed by atoms with Gasteiger partial charge in [-0.1, -0.05) is 0 Å². The Morgan fingerprint density at radius 2 is 2.10 bits per heavy atom. The van der Waals surface area contributed by atoms with Gasteiger partial charge < -0.3 is 19.1 Å². The van der Waals surface area contributed by atoms with Gasteiger partial charge in [0.25, 0.3) is 0 Å². The van der Waals surface area contributed by atoms with Gasteiger partial charge in [0.15, 0.2) is 11.5 Å². The van der Waals surface area contributed by atoms with E-state index in [1.165, 1.54) is 6.07 Å². The highest BCUT2D eigenvalue weighted by atomic mass is 19.3. The molecule has 1 heterocycles. The molecule has 0 amide bonds. The third kappa shape index (κ3) is 3.48. The highest BCUT2D eigenvalue weighted by Crippen LogP contribution is 2.39. The highest BCUT2D eigenvalue weighted by Gasteiger charge is 2.20. The van der Waals surface area contributed by atoms with E-state index in [-0.39, 0.29) is 12.5 Å². The van der Waals surface area contributed by atoms with Crippen molar-refractivity contribution < 1.29 is 23.0 Å². The Bertz CT molecular complexity index is 517. The van der Waals surface area contributed by atoms with E-state index in [0.717, 1.165) is 0 Å². The molecule has 1 aromatic rings. The maximum atomic E-state index is 12.4. The topological polar surface area (TPSA) is 54.7 Å². The second-order valence-corrected chi connectivity index (χ2v) is 4.34. The lowest BCUT2D eigenvalue weighted by Gasteiger charge is -2.18. The lowest BCUT2D eigenvalue weighted by Crippen LogP contribution is -2.19. The molecule has 1 aromatic carbocycles. The smallest absolute Gasteiger partial charge is 0.387 e. The van der Waals surface area contributed by atoms with Gasteiger partial charge >= 0.3 is 6.61 Å². The van der Waals surface area contributed by atoms with Crippen LogP contribution in [0.4, 0.5) is 8.78 Å². The number of hydrogen-bond donors (Lipinski definition) is 0. The van der Waals surface area contributed by atoms with Crippen LogP contribution in [0.5, 0.6) is 17.2 Å². The zero-order valence-electron chi connectivity index (χ0n) is 10.9. The van der Waals surface area contributed by atoms with Crippen LogP contribution in [0.1, 0.15) is 12.0 Å². The standard InChI is InChI=1S/C13H14F2N2O3/c1-17(4-2-3-16)7-9-5-11-12(19-8-18-11)6-10(9)20-13(14)15/h5-6,13H,2,4,7-8H2,1H3. The molecule has 7 heteroatoms. The van der Waals surface area contributed by atoms with E-state index >= 15 is 0 Å². The number of hydrogen-bond acceptors (Lipinski definition) is 5. The van der Waals surface area contributed by atoms with Crippen LogP contribution in [-0.2, 0) is 6.54 Å². The minimum Gasteiger partial charge on any atom is -0.454 e. The first-order valence-electron chi connectivity index (χ1n) is 6.03. The number of rotatable bonds is 6. The van der Waals surface area contributed by atoms with E-state index in [1.807, 2.05) is 11.0 Å². The Morgan fingerprint density at radius 3 is 2.75 bits per heavy atom. The second-order valence-electron chi connectivity index (χ2n) is 4.34. The van der Waals surface area contributed by atoms with Crippen LogP contribution in [0.2, 0.25) is 0 Å². The molecule has 0 spiro atoms. The molecule has 20 heavy (non-hydrogen) atoms. The van der Waals surface area contributed by atoms with E-state index in [0.29, 0.717) is 36.6 Å². The zero-order valence-corrected chi connectivity index (χ0v) is 10.9. The summed E-state index contributed by atoms with van der Waals surface area (Å²) in [6, 6.07) is 5.07. The summed E-state index contributed by atoms with van der Waals surface area (Å²) in [6.45, 7) is -1.92. The summed E-state index contributed by atoms with van der Waals surface area (Å²) in [5, 5.41) is 8.54. The fourth-order valence-corrected chi connectivity index (χ4v) is 1.91. The molecule has 0 N–H and O–H groups in total. The van der Waals surface area contributed by atoms with Crippen LogP contribution < -0.4 is 14.2 Å². The van der Waals surface area contributed by atoms with Crippen LogP contribution in [-0.4, -0.2) is 31.9 Å². The van der Waals surface area contributed by atoms with Crippen LogP contribution in [0, 0.1) is 11.3 Å². The average molecular weight is 284 g/mol. The van der Waals surface area contributed by atoms with Crippen LogP contribution >= 0.6 is 0 Å². The number of alkyl halides is 2. The quantitative estimate of drug-likeness (QED) is 0.802. The molecule has 1 aliphatic rings. The third-order valence-electron chi connectivity index (χ3n) is 2.82. The van der Waals surface area contributed by atoms with Crippen LogP contribution in [0.15, 0.2) is 12.1 Å². The summed E-state index contributed by atoms with van der Waals surface area (Å²) < 4.78 is 39.8. The molecule has 0 saturated carbocycles. The number of halogens is 2. The Morgan fingerprint density at radius 1 is 1.40 bits per heavy atom. The van der Waals surface area contributed by atoms with Crippen LogP contribution in [0.3, 0.4) is 0 Å². The summed E-state index contributed by atoms with van der Waals surface area (Å²) in [5.41, 5.74) is 0.565. The van der Waals surface area contributed by atoms with Crippen molar-refractivity contribution in [3.05, 3.63) is 17.7 Å². The highest BCUT2D eigenvalue weighted by molar-refractivity contribution is 5.51. The molecular weight excluding hydrogens is 270 g/mol. The number of fused-ring (bicyclic) bond motifs is 1. The van der Waals surface area contributed by atoms with Crippen molar-refractivity contribution in [2.75, 3.05) is 20.4 Å². The number of nitriles is 1. The molecule has 1 aliphatic heterocycles. The normalized spacial score (nSPS) is 12.8. The van der Waals surface area contributed by atoms with E-state index in [9.17, 15) is 8.78 Å². The first-order chi connectivity index (χ1) is 9.60. The van der Waals surface area contributed by atoms with E-state index in [4.69, 9.17) is 14.7 Å². The minimum atomic E-state index is -2.90. The van der Waals surface area contributed by atoms with Gasteiger partial charge in [0, 0.05) is 31.1 Å². The van der Waals surface area contributed by atoms with Gasteiger partial charge in [-0.2, -0.15) is 14.0 Å². The SMILES string of the molecule is CN(CCC#N)Cc1cc2c(cc1OC(F)F)OCO2. The number of benzene rings is 1. The van der Waals surface area contributed by atoms with E-state index < -0.39 is 6.61 Å². The van der Waals surface area contributed by atoms with E-state index in [2.05, 4.69) is 4.74 Å². The van der Waals surface area contributed by atoms with E-state index in [1.54, 1.807) is 13.1 Å². The molecule has 0 unspecified atom stereocenters. The van der Waals surface area contributed by atoms with Gasteiger partial charge in [0.2, 0.25) is 6.79 Å². The van der Waals surface area contributed by atoms with Gasteiger partial charge in [0.1, 0.15) is 5.75 Å². The molecule has 5 nitrogen and oxygen atoms in total. The minimum absolute atomic E-state index is 0.0630. The van der Waals surface area contributed by atoms with Crippen molar-refractivity contribution in [1.29, 1.82) is 5.26 Å². The summed E-state index contributed by atoms with van der Waals surface area (Å²) in [7, 11) is 1.80. The Kier molecular flexibility index (Phi) is 4.58. The molecule has 0 radical (unpaired) electrons. The fourth-order valence-electron chi connectivity index (χ4n) is 1.91. The predicted molar refractivity (Wildman–Crippen MR) is 65.8 cm³/mol. The molecule has 2 rings (SSSR count). The molecule has 108 valence electrons. The van der Waals surface area contributed by atoms with Gasteiger partial charge in [-0.15, -0.1) is 0 Å². The third-order valence-corrected chi connectivity index (χ3v) is 2.82. The lowest BCUT2D eigenvalue weighted by atomic mass is 10.1. The summed E-state index contributed by atoms with van der Waals surface area (Å²) in [6.07, 6.45) is 0.367. The maximum Gasteiger partial charge on any atom is 0.387 e. The van der Waals surface area contributed by atoms with Crippen molar-refractivity contribution in [2.45, 2.75) is 19.6 Å². The Hall–Kier alpha value is -2.07. The molecule has 0 saturated heterocycles. The fraction of sp³-hybridized carbons (Fsp3) is 0.462. The largest absolute Gasteiger partial charge is 0.454 e. The summed E-state index contributed by atoms with van der Waals surface area (Å²) >= 11 is 0. The molecule has 0 aromatic heterocycles. The molecule has 0 atom stereocenters. The summed E-state index contributed by atoms with van der Waals surface area (Å²) in [5.74, 6) is 0.965. The zero-order chi connectivity index (χ0) is 14.5. The maximum absolute atomic E-state index is 12.4. The van der Waals surface area contributed by atoms with Gasteiger partial charge in [-0.05, 0) is 13.1 Å². The first kappa shape index (κ1) is 14.3. The number of nitrogens with zero attached hydrogens (tertiary/aromatic N) is 2. The molecular formula is C13H14F2N2O3. The van der Waals surface area contributed by atoms with Gasteiger partial charge in [-0.3, -0.25) is 0 Å². The average Bonchev–Trinajstić information content (AvgIpc) is 2.83. The predicted octanol–water partition coefficient (Wildman–Crippen LogP) is 2.36. The van der Waals surface area contributed by atoms with Gasteiger partial charge in [-0.25, -0.2) is 0 Å². The van der Waals surface area contributed by atoms with Crippen molar-refractivity contribution in [1.82, 2.24) is 4.90 Å². The Labute approximate surface area is 115 Å². The first-order valence-corrected chi connectivity index (χ1v) is 6.03. The van der Waals surface area contributed by atoms with Crippen molar-refractivity contribution in [3.63, 3.8) is 0 Å². The van der Waals surface area contributed by atoms with Gasteiger partial charge in [0.05, 0.1) is 6.07 Å². The van der Waals surface area contributed by atoms with Crippen molar-refractivity contribution >= 4 is 0 Å². The molecule has 0 aliphatic carbocycles. The number of ether oxygens (including phenoxy) is 3. The van der Waals surface area contributed by atoms with Crippen LogP contribution in [0.25, 0.3) is 0 Å². The summed E-state index contributed by atoms with van der Waals surface area (Å²) in [4.78, 5) is 1.85. The second kappa shape index (κ2) is 6.39. The van der Waals surface area contributed by atoms with Crippen molar-refractivity contribution in [3.8, 4) is 23.3 Å². The lowest BCUT2D eigenvalue weighted by molar-refractivity contribution is -0.0508.